The molecule has 114 valence electrons. The largest absolute Gasteiger partial charge is 0.494 e. The third kappa shape index (κ3) is 6.89. The van der Waals surface area contributed by atoms with Crippen LogP contribution in [0.3, 0.4) is 0 Å². The van der Waals surface area contributed by atoms with E-state index in [0.29, 0.717) is 6.54 Å². The van der Waals surface area contributed by atoms with Gasteiger partial charge in [0.05, 0.1) is 13.2 Å². The van der Waals surface area contributed by atoms with E-state index in [1.54, 1.807) is 0 Å². The van der Waals surface area contributed by atoms with Crippen molar-refractivity contribution in [1.82, 2.24) is 4.90 Å². The summed E-state index contributed by atoms with van der Waals surface area (Å²) in [5, 5.41) is 0. The summed E-state index contributed by atoms with van der Waals surface area (Å²) in [7, 11) is 0. The zero-order valence-electron chi connectivity index (χ0n) is 12.8. The third-order valence-electron chi connectivity index (χ3n) is 3.22. The van der Waals surface area contributed by atoms with E-state index in [0.717, 1.165) is 57.2 Å². The van der Waals surface area contributed by atoms with Crippen LogP contribution in [0.4, 0.5) is 0 Å². The quantitative estimate of drug-likeness (QED) is 0.632. The molecule has 0 radical (unpaired) electrons. The summed E-state index contributed by atoms with van der Waals surface area (Å²) in [6.07, 6.45) is 1.02. The first-order valence-electron chi connectivity index (χ1n) is 7.52. The van der Waals surface area contributed by atoms with Crippen LogP contribution in [0.2, 0.25) is 0 Å². The third-order valence-corrected chi connectivity index (χ3v) is 3.22. The molecule has 0 saturated carbocycles. The fourth-order valence-corrected chi connectivity index (χ4v) is 2.01. The molecular formula is C16H28N2O2. The van der Waals surface area contributed by atoms with E-state index in [2.05, 4.69) is 11.8 Å². The number of rotatable bonds is 11. The first-order valence-corrected chi connectivity index (χ1v) is 7.52. The zero-order valence-corrected chi connectivity index (χ0v) is 12.8. The monoisotopic (exact) mass is 280 g/mol. The predicted octanol–water partition coefficient (Wildman–Crippen LogP) is 2.27. The summed E-state index contributed by atoms with van der Waals surface area (Å²) >= 11 is 0. The molecule has 0 aliphatic carbocycles. The van der Waals surface area contributed by atoms with Crippen LogP contribution in [0.5, 0.6) is 5.75 Å². The van der Waals surface area contributed by atoms with Gasteiger partial charge in [-0.3, -0.25) is 0 Å². The molecular weight excluding hydrogens is 252 g/mol. The molecule has 0 aromatic heterocycles. The molecule has 1 aromatic rings. The van der Waals surface area contributed by atoms with Gasteiger partial charge >= 0.3 is 0 Å². The first kappa shape index (κ1) is 17.0. The van der Waals surface area contributed by atoms with Gasteiger partial charge in [-0.2, -0.15) is 0 Å². The summed E-state index contributed by atoms with van der Waals surface area (Å²) in [6.45, 7) is 10.2. The summed E-state index contributed by atoms with van der Waals surface area (Å²) < 4.78 is 11.1. The van der Waals surface area contributed by atoms with Crippen molar-refractivity contribution < 1.29 is 9.47 Å². The van der Waals surface area contributed by atoms with Gasteiger partial charge in [0.1, 0.15) is 5.75 Å². The zero-order chi connectivity index (χ0) is 14.6. The maximum absolute atomic E-state index is 5.76. The Kier molecular flexibility index (Phi) is 9.04. The molecule has 0 saturated heterocycles. The minimum Gasteiger partial charge on any atom is -0.494 e. The molecule has 0 amide bonds. The van der Waals surface area contributed by atoms with Gasteiger partial charge in [-0.25, -0.2) is 0 Å². The van der Waals surface area contributed by atoms with E-state index in [4.69, 9.17) is 15.2 Å². The van der Waals surface area contributed by atoms with Gasteiger partial charge in [0, 0.05) is 26.2 Å². The Bertz CT molecular complexity index is 358. The van der Waals surface area contributed by atoms with E-state index >= 15 is 0 Å². The highest BCUT2D eigenvalue weighted by atomic mass is 16.5. The topological polar surface area (TPSA) is 47.7 Å². The first-order chi connectivity index (χ1) is 9.80. The maximum Gasteiger partial charge on any atom is 0.119 e. The fraction of sp³-hybridized carbons (Fsp3) is 0.625. The highest BCUT2D eigenvalue weighted by Gasteiger charge is 2.02. The molecule has 4 heteroatoms. The van der Waals surface area contributed by atoms with E-state index in [-0.39, 0.29) is 0 Å². The molecule has 0 atom stereocenters. The lowest BCUT2D eigenvalue weighted by Crippen LogP contribution is -2.29. The van der Waals surface area contributed by atoms with Gasteiger partial charge in [-0.15, -0.1) is 0 Å². The summed E-state index contributed by atoms with van der Waals surface area (Å²) in [6, 6.07) is 7.98. The molecule has 20 heavy (non-hydrogen) atoms. The van der Waals surface area contributed by atoms with Gasteiger partial charge in [0.15, 0.2) is 0 Å². The van der Waals surface area contributed by atoms with Crippen LogP contribution in [-0.4, -0.2) is 44.4 Å². The van der Waals surface area contributed by atoms with Crippen molar-refractivity contribution in [3.05, 3.63) is 29.8 Å². The van der Waals surface area contributed by atoms with Crippen molar-refractivity contribution in [2.45, 2.75) is 26.8 Å². The molecule has 0 aliphatic rings. The van der Waals surface area contributed by atoms with E-state index in [1.165, 1.54) is 0 Å². The highest BCUT2D eigenvalue weighted by molar-refractivity contribution is 5.28. The average Bonchev–Trinajstić information content (AvgIpc) is 2.50. The number of nitrogens with zero attached hydrogens (tertiary/aromatic N) is 1. The maximum atomic E-state index is 5.76. The number of nitrogens with two attached hydrogens (primary N) is 1. The Hall–Kier alpha value is -1.10. The second kappa shape index (κ2) is 10.7. The molecule has 0 fully saturated rings. The minimum absolute atomic E-state index is 0.554. The fourth-order valence-electron chi connectivity index (χ4n) is 2.01. The van der Waals surface area contributed by atoms with Crippen LogP contribution >= 0.6 is 0 Å². The minimum atomic E-state index is 0.554. The van der Waals surface area contributed by atoms with E-state index in [9.17, 15) is 0 Å². The second-order valence-electron chi connectivity index (χ2n) is 4.68. The lowest BCUT2D eigenvalue weighted by Gasteiger charge is -2.20. The smallest absolute Gasteiger partial charge is 0.119 e. The van der Waals surface area contributed by atoms with Crippen molar-refractivity contribution in [2.75, 3.05) is 39.5 Å². The molecule has 0 heterocycles. The Morgan fingerprint density at radius 1 is 1.15 bits per heavy atom. The molecule has 0 bridgehead atoms. The van der Waals surface area contributed by atoms with Gasteiger partial charge in [0.25, 0.3) is 0 Å². The molecule has 1 aromatic carbocycles. The van der Waals surface area contributed by atoms with Gasteiger partial charge in [-0.05, 0) is 37.6 Å². The van der Waals surface area contributed by atoms with Crippen LogP contribution in [0.1, 0.15) is 25.8 Å². The van der Waals surface area contributed by atoms with Crippen LogP contribution < -0.4 is 10.5 Å². The Morgan fingerprint density at radius 3 is 2.70 bits per heavy atom. The normalized spacial score (nSPS) is 11.0. The lowest BCUT2D eigenvalue weighted by molar-refractivity contribution is 0.112. The van der Waals surface area contributed by atoms with Crippen LogP contribution in [-0.2, 0) is 11.3 Å². The van der Waals surface area contributed by atoms with E-state index < -0.39 is 0 Å². The number of hydrogen-bond acceptors (Lipinski definition) is 4. The molecule has 0 unspecified atom stereocenters. The molecule has 4 nitrogen and oxygen atoms in total. The van der Waals surface area contributed by atoms with Crippen molar-refractivity contribution in [2.24, 2.45) is 5.73 Å². The summed E-state index contributed by atoms with van der Waals surface area (Å²) in [5.74, 6) is 0.908. The van der Waals surface area contributed by atoms with Crippen LogP contribution in [0.25, 0.3) is 0 Å². The van der Waals surface area contributed by atoms with Crippen molar-refractivity contribution in [1.29, 1.82) is 0 Å². The average molecular weight is 280 g/mol. The number of hydrogen-bond donors (Lipinski definition) is 1. The van der Waals surface area contributed by atoms with Crippen molar-refractivity contribution in [3.8, 4) is 5.75 Å². The number of likely N-dealkylation sites (N-methyl/N-ethyl adjacent to an activating group) is 1. The van der Waals surface area contributed by atoms with Gasteiger partial charge in [-0.1, -0.05) is 19.1 Å². The van der Waals surface area contributed by atoms with Crippen molar-refractivity contribution >= 4 is 0 Å². The number of benzene rings is 1. The van der Waals surface area contributed by atoms with Gasteiger partial charge in [0.2, 0.25) is 0 Å². The van der Waals surface area contributed by atoms with E-state index in [1.807, 2.05) is 31.2 Å². The SMILES string of the molecule is CCOCCN(CC)CCCOc1cccc(CN)c1. The Labute approximate surface area is 122 Å². The van der Waals surface area contributed by atoms with Crippen molar-refractivity contribution in [3.63, 3.8) is 0 Å². The molecule has 1 rings (SSSR count). The lowest BCUT2D eigenvalue weighted by atomic mass is 10.2. The Balaban J connectivity index is 2.19. The second-order valence-corrected chi connectivity index (χ2v) is 4.68. The molecule has 0 spiro atoms. The molecule has 2 N–H and O–H groups in total. The van der Waals surface area contributed by atoms with Crippen LogP contribution in [0.15, 0.2) is 24.3 Å². The van der Waals surface area contributed by atoms with Crippen LogP contribution in [0, 0.1) is 0 Å². The standard InChI is InChI=1S/C16H28N2O2/c1-3-18(10-12-19-4-2)9-6-11-20-16-8-5-7-15(13-16)14-17/h5,7-8,13H,3-4,6,9-12,14,17H2,1-2H3. The highest BCUT2D eigenvalue weighted by Crippen LogP contribution is 2.13. The van der Waals surface area contributed by atoms with Gasteiger partial charge < -0.3 is 20.1 Å². The summed E-state index contributed by atoms with van der Waals surface area (Å²) in [4.78, 5) is 2.38. The Morgan fingerprint density at radius 2 is 2.00 bits per heavy atom. The molecule has 0 aliphatic heterocycles. The number of ether oxygens (including phenoxy) is 2. The predicted molar refractivity (Wildman–Crippen MR) is 83.1 cm³/mol. The summed E-state index contributed by atoms with van der Waals surface area (Å²) in [5.41, 5.74) is 6.72.